The summed E-state index contributed by atoms with van der Waals surface area (Å²) in [6.45, 7) is 4.64. The van der Waals surface area contributed by atoms with Crippen LogP contribution in [-0.2, 0) is 24.4 Å². The molecule has 0 bridgehead atoms. The van der Waals surface area contributed by atoms with Crippen molar-refractivity contribution in [3.8, 4) is 0 Å². The number of nitrogens with zero attached hydrogens (tertiary/aromatic N) is 1. The molecule has 0 saturated carbocycles. The van der Waals surface area contributed by atoms with Gasteiger partial charge in [0.05, 0.1) is 19.3 Å². The minimum Gasteiger partial charge on any atom is -0.389 e. The summed E-state index contributed by atoms with van der Waals surface area (Å²) in [5.41, 5.74) is 4.53. The Hall–Kier alpha value is -2.53. The first-order valence-corrected chi connectivity index (χ1v) is 9.91. The average molecular weight is 394 g/mol. The van der Waals surface area contributed by atoms with E-state index in [4.69, 9.17) is 4.74 Å². The second kappa shape index (κ2) is 10.9. The van der Waals surface area contributed by atoms with E-state index < -0.39 is 6.10 Å². The smallest absolute Gasteiger partial charge is 0.123 e. The highest BCUT2D eigenvalue weighted by molar-refractivity contribution is 5.25. The monoisotopic (exact) mass is 393 g/mol. The molecule has 0 amide bonds. The molecule has 0 aliphatic rings. The maximum absolute atomic E-state index is 13.2. The third-order valence-corrected chi connectivity index (χ3v) is 4.87. The molecule has 0 saturated heterocycles. The lowest BCUT2D eigenvalue weighted by molar-refractivity contribution is 0.00709. The Balaban J connectivity index is 1.60. The van der Waals surface area contributed by atoms with E-state index in [-0.39, 0.29) is 12.4 Å². The fourth-order valence-electron chi connectivity index (χ4n) is 3.30. The van der Waals surface area contributed by atoms with Gasteiger partial charge in [0.1, 0.15) is 5.82 Å². The van der Waals surface area contributed by atoms with Crippen molar-refractivity contribution in [2.75, 3.05) is 13.2 Å². The third kappa shape index (κ3) is 7.09. The maximum Gasteiger partial charge on any atom is 0.123 e. The van der Waals surface area contributed by atoms with E-state index in [0.29, 0.717) is 26.2 Å². The molecule has 29 heavy (non-hydrogen) atoms. The molecule has 0 radical (unpaired) electrons. The molecule has 0 aliphatic carbocycles. The van der Waals surface area contributed by atoms with E-state index in [9.17, 15) is 9.50 Å². The zero-order valence-electron chi connectivity index (χ0n) is 16.8. The number of aryl methyl sites for hydroxylation is 1. The number of hydrogen-bond acceptors (Lipinski definition) is 3. The molecule has 0 fully saturated rings. The Morgan fingerprint density at radius 3 is 2.28 bits per heavy atom. The Morgan fingerprint density at radius 1 is 0.862 bits per heavy atom. The quantitative estimate of drug-likeness (QED) is 0.541. The van der Waals surface area contributed by atoms with E-state index in [1.165, 1.54) is 23.3 Å². The predicted octanol–water partition coefficient (Wildman–Crippen LogP) is 4.71. The highest BCUT2D eigenvalue weighted by Gasteiger charge is 2.14. The fourth-order valence-corrected chi connectivity index (χ4v) is 3.30. The number of ether oxygens (including phenoxy) is 1. The minimum absolute atomic E-state index is 0.242. The van der Waals surface area contributed by atoms with E-state index in [1.807, 2.05) is 42.5 Å². The molecule has 3 aromatic rings. The van der Waals surface area contributed by atoms with Crippen LogP contribution in [0.15, 0.2) is 78.9 Å². The molecular formula is C25H28FNO2. The van der Waals surface area contributed by atoms with Crippen molar-refractivity contribution >= 4 is 0 Å². The van der Waals surface area contributed by atoms with Crippen molar-refractivity contribution in [2.24, 2.45) is 0 Å². The van der Waals surface area contributed by atoms with Crippen LogP contribution in [0.4, 0.5) is 4.39 Å². The van der Waals surface area contributed by atoms with Gasteiger partial charge in [-0.25, -0.2) is 4.39 Å². The molecule has 4 heteroatoms. The van der Waals surface area contributed by atoms with Crippen molar-refractivity contribution in [2.45, 2.75) is 32.7 Å². The standard InChI is InChI=1S/C25H28FNO2/c1-20-7-5-6-10-23(20)16-27(15-21-11-13-24(26)14-12-21)17-25(28)19-29-18-22-8-3-2-4-9-22/h2-14,25,28H,15-19H2,1H3. The largest absolute Gasteiger partial charge is 0.389 e. The molecule has 1 unspecified atom stereocenters. The van der Waals surface area contributed by atoms with Gasteiger partial charge in [0.2, 0.25) is 0 Å². The molecule has 1 N–H and O–H groups in total. The summed E-state index contributed by atoms with van der Waals surface area (Å²) in [6.07, 6.45) is -0.608. The first-order valence-electron chi connectivity index (χ1n) is 9.91. The highest BCUT2D eigenvalue weighted by Crippen LogP contribution is 2.15. The van der Waals surface area contributed by atoms with Crippen LogP contribution in [0.1, 0.15) is 22.3 Å². The third-order valence-electron chi connectivity index (χ3n) is 4.87. The van der Waals surface area contributed by atoms with Crippen LogP contribution in [0.25, 0.3) is 0 Å². The number of rotatable bonds is 10. The Bertz CT molecular complexity index is 868. The second-order valence-corrected chi connectivity index (χ2v) is 7.38. The van der Waals surface area contributed by atoms with Gasteiger partial charge in [0.15, 0.2) is 0 Å². The maximum atomic E-state index is 13.2. The van der Waals surface area contributed by atoms with Crippen LogP contribution in [0.2, 0.25) is 0 Å². The second-order valence-electron chi connectivity index (χ2n) is 7.38. The Labute approximate surface area is 172 Å². The van der Waals surface area contributed by atoms with Gasteiger partial charge in [0, 0.05) is 19.6 Å². The van der Waals surface area contributed by atoms with E-state index in [1.54, 1.807) is 12.1 Å². The number of aliphatic hydroxyl groups is 1. The first-order chi connectivity index (χ1) is 14.1. The summed E-state index contributed by atoms with van der Waals surface area (Å²) in [5.74, 6) is -0.242. The average Bonchev–Trinajstić information content (AvgIpc) is 2.72. The van der Waals surface area contributed by atoms with E-state index in [2.05, 4.69) is 24.0 Å². The van der Waals surface area contributed by atoms with Crippen LogP contribution in [-0.4, -0.2) is 29.3 Å². The van der Waals surface area contributed by atoms with Crippen LogP contribution in [0.3, 0.4) is 0 Å². The van der Waals surface area contributed by atoms with Crippen LogP contribution < -0.4 is 0 Å². The molecule has 3 rings (SSSR count). The highest BCUT2D eigenvalue weighted by atomic mass is 19.1. The number of hydrogen-bond donors (Lipinski definition) is 1. The first kappa shape index (κ1) is 21.2. The molecule has 0 aliphatic heterocycles. The van der Waals surface area contributed by atoms with Crippen LogP contribution >= 0.6 is 0 Å². The van der Waals surface area contributed by atoms with Gasteiger partial charge in [-0.15, -0.1) is 0 Å². The van der Waals surface area contributed by atoms with Gasteiger partial charge >= 0.3 is 0 Å². The lowest BCUT2D eigenvalue weighted by Gasteiger charge is -2.26. The van der Waals surface area contributed by atoms with Gasteiger partial charge in [0.25, 0.3) is 0 Å². The summed E-state index contributed by atoms with van der Waals surface area (Å²) in [4.78, 5) is 2.17. The van der Waals surface area contributed by atoms with Crippen molar-refractivity contribution < 1.29 is 14.2 Å². The Kier molecular flexibility index (Phi) is 7.94. The van der Waals surface area contributed by atoms with Gasteiger partial charge in [-0.1, -0.05) is 66.7 Å². The molecule has 3 aromatic carbocycles. The predicted molar refractivity (Wildman–Crippen MR) is 114 cm³/mol. The van der Waals surface area contributed by atoms with Crippen LogP contribution in [0, 0.1) is 12.7 Å². The van der Waals surface area contributed by atoms with Crippen molar-refractivity contribution in [3.63, 3.8) is 0 Å². The van der Waals surface area contributed by atoms with Gasteiger partial charge in [-0.2, -0.15) is 0 Å². The molecule has 1 atom stereocenters. The number of aliphatic hydroxyl groups excluding tert-OH is 1. The summed E-state index contributed by atoms with van der Waals surface area (Å²) in [7, 11) is 0. The molecule has 152 valence electrons. The van der Waals surface area contributed by atoms with E-state index >= 15 is 0 Å². The van der Waals surface area contributed by atoms with Crippen molar-refractivity contribution in [1.29, 1.82) is 0 Å². The number of benzene rings is 3. The molecular weight excluding hydrogens is 365 g/mol. The van der Waals surface area contributed by atoms with Crippen molar-refractivity contribution in [1.82, 2.24) is 4.90 Å². The molecule has 3 nitrogen and oxygen atoms in total. The molecule has 0 aromatic heterocycles. The van der Waals surface area contributed by atoms with Crippen LogP contribution in [0.5, 0.6) is 0 Å². The summed E-state index contributed by atoms with van der Waals surface area (Å²) >= 11 is 0. The summed E-state index contributed by atoms with van der Waals surface area (Å²) in [5, 5.41) is 10.5. The fraction of sp³-hybridized carbons (Fsp3) is 0.280. The Morgan fingerprint density at radius 2 is 1.55 bits per heavy atom. The topological polar surface area (TPSA) is 32.7 Å². The normalized spacial score (nSPS) is 12.3. The lowest BCUT2D eigenvalue weighted by Crippen LogP contribution is -2.34. The summed E-state index contributed by atoms with van der Waals surface area (Å²) in [6, 6.07) is 24.7. The lowest BCUT2D eigenvalue weighted by atomic mass is 10.1. The zero-order valence-corrected chi connectivity index (χ0v) is 16.8. The van der Waals surface area contributed by atoms with E-state index in [0.717, 1.165) is 11.1 Å². The SMILES string of the molecule is Cc1ccccc1CN(Cc1ccc(F)cc1)CC(O)COCc1ccccc1. The van der Waals surface area contributed by atoms with Gasteiger partial charge in [-0.3, -0.25) is 4.90 Å². The minimum atomic E-state index is -0.608. The molecule has 0 spiro atoms. The van der Waals surface area contributed by atoms with Crippen molar-refractivity contribution in [3.05, 3.63) is 107 Å². The van der Waals surface area contributed by atoms with Gasteiger partial charge < -0.3 is 9.84 Å². The molecule has 0 heterocycles. The zero-order chi connectivity index (χ0) is 20.5. The number of halogens is 1. The van der Waals surface area contributed by atoms with Gasteiger partial charge in [-0.05, 0) is 41.3 Å². The summed E-state index contributed by atoms with van der Waals surface area (Å²) < 4.78 is 18.9.